The number of carbonyl (C=O) groups excluding carboxylic acids is 2. The van der Waals surface area contributed by atoms with Gasteiger partial charge in [0.2, 0.25) is 21.8 Å². The summed E-state index contributed by atoms with van der Waals surface area (Å²) in [5.74, 6) is -1.20. The molecule has 1 atom stereocenters. The van der Waals surface area contributed by atoms with Crippen molar-refractivity contribution < 1.29 is 22.4 Å². The van der Waals surface area contributed by atoms with Crippen LogP contribution in [0.4, 0.5) is 10.1 Å². The number of sulfonamides is 1. The Morgan fingerprint density at radius 2 is 1.75 bits per heavy atom. The van der Waals surface area contributed by atoms with Crippen LogP contribution < -0.4 is 9.62 Å². The maximum Gasteiger partial charge on any atom is 0.242 e. The second kappa shape index (κ2) is 12.5. The SMILES string of the molecule is C[C@H](C(=O)NC1CCCC1)N(Cc1ccccc1Cl)C(=O)CCCN(c1ccccc1F)S(C)(=O)=O. The standard InChI is InChI=1S/C26H33ClFN3O4S/c1-19(26(33)29-21-11-4-5-12-21)30(18-20-10-3-6-13-22(20)27)25(32)16-9-17-31(36(2,34)35)24-15-8-7-14-23(24)28/h3,6-8,10,13-15,19,21H,4-5,9,11-12,16-18H2,1-2H3,(H,29,33)/t19-/m1/s1. The van der Waals surface area contributed by atoms with Crippen LogP contribution in [0.3, 0.4) is 0 Å². The monoisotopic (exact) mass is 537 g/mol. The first-order chi connectivity index (χ1) is 17.1. The number of hydrogen-bond acceptors (Lipinski definition) is 4. The first-order valence-electron chi connectivity index (χ1n) is 12.1. The molecule has 1 saturated carbocycles. The van der Waals surface area contributed by atoms with Gasteiger partial charge in [-0.2, -0.15) is 0 Å². The quantitative estimate of drug-likeness (QED) is 0.457. The summed E-state index contributed by atoms with van der Waals surface area (Å²) in [5, 5.41) is 3.53. The van der Waals surface area contributed by atoms with Crippen LogP contribution in [0.5, 0.6) is 0 Å². The van der Waals surface area contributed by atoms with Crippen LogP contribution in [0.2, 0.25) is 5.02 Å². The minimum atomic E-state index is -3.77. The van der Waals surface area contributed by atoms with Crippen molar-refractivity contribution in [2.75, 3.05) is 17.1 Å². The van der Waals surface area contributed by atoms with Crippen LogP contribution in [-0.4, -0.2) is 50.0 Å². The van der Waals surface area contributed by atoms with Gasteiger partial charge in [-0.15, -0.1) is 0 Å². The number of nitrogens with one attached hydrogen (secondary N) is 1. The van der Waals surface area contributed by atoms with Gasteiger partial charge in [-0.1, -0.05) is 54.8 Å². The van der Waals surface area contributed by atoms with E-state index in [0.717, 1.165) is 36.2 Å². The van der Waals surface area contributed by atoms with Crippen LogP contribution in [0.25, 0.3) is 0 Å². The van der Waals surface area contributed by atoms with Crippen LogP contribution >= 0.6 is 11.6 Å². The Hall–Kier alpha value is -2.65. The molecule has 0 aliphatic heterocycles. The molecule has 0 aromatic heterocycles. The normalized spacial score (nSPS) is 14.9. The molecule has 1 aliphatic rings. The third-order valence-electron chi connectivity index (χ3n) is 6.44. The Morgan fingerprint density at radius 1 is 1.11 bits per heavy atom. The second-order valence-corrected chi connectivity index (χ2v) is 11.5. The fraction of sp³-hybridized carbons (Fsp3) is 0.462. The summed E-state index contributed by atoms with van der Waals surface area (Å²) in [6.07, 6.45) is 5.12. The molecule has 2 amide bonds. The zero-order valence-electron chi connectivity index (χ0n) is 20.6. The van der Waals surface area contributed by atoms with Crippen LogP contribution in [-0.2, 0) is 26.2 Å². The van der Waals surface area contributed by atoms with E-state index in [0.29, 0.717) is 10.6 Å². The highest BCUT2D eigenvalue weighted by Crippen LogP contribution is 2.24. The van der Waals surface area contributed by atoms with Gasteiger partial charge < -0.3 is 10.2 Å². The molecule has 196 valence electrons. The van der Waals surface area contributed by atoms with Crippen LogP contribution in [0.15, 0.2) is 48.5 Å². The lowest BCUT2D eigenvalue weighted by molar-refractivity contribution is -0.140. The van der Waals surface area contributed by atoms with Crippen LogP contribution in [0.1, 0.15) is 51.0 Å². The predicted octanol–water partition coefficient (Wildman–Crippen LogP) is 4.50. The molecule has 0 heterocycles. The molecular weight excluding hydrogens is 505 g/mol. The number of carbonyl (C=O) groups is 2. The van der Waals surface area contributed by atoms with Crippen molar-refractivity contribution in [2.24, 2.45) is 0 Å². The Balaban J connectivity index is 1.73. The highest BCUT2D eigenvalue weighted by atomic mass is 35.5. The highest BCUT2D eigenvalue weighted by Gasteiger charge is 2.29. The molecule has 10 heteroatoms. The van der Waals surface area contributed by atoms with E-state index >= 15 is 0 Å². The molecule has 7 nitrogen and oxygen atoms in total. The smallest absolute Gasteiger partial charge is 0.242 e. The lowest BCUT2D eigenvalue weighted by Crippen LogP contribution is -2.49. The molecule has 1 fully saturated rings. The number of hydrogen-bond donors (Lipinski definition) is 1. The maximum absolute atomic E-state index is 14.3. The first-order valence-corrected chi connectivity index (χ1v) is 14.4. The van der Waals surface area contributed by atoms with Crippen molar-refractivity contribution in [1.82, 2.24) is 10.2 Å². The number of para-hydroxylation sites is 1. The van der Waals surface area contributed by atoms with Gasteiger partial charge in [-0.25, -0.2) is 12.8 Å². The summed E-state index contributed by atoms with van der Waals surface area (Å²) >= 11 is 6.33. The minimum absolute atomic E-state index is 0.0219. The zero-order chi connectivity index (χ0) is 26.3. The van der Waals surface area contributed by atoms with Crippen molar-refractivity contribution in [3.63, 3.8) is 0 Å². The molecule has 1 N–H and O–H groups in total. The number of amides is 2. The summed E-state index contributed by atoms with van der Waals surface area (Å²) in [4.78, 5) is 27.8. The lowest BCUT2D eigenvalue weighted by atomic mass is 10.1. The molecule has 2 aromatic rings. The summed E-state index contributed by atoms with van der Waals surface area (Å²) in [7, 11) is -3.77. The van der Waals surface area contributed by atoms with E-state index in [1.54, 1.807) is 31.2 Å². The molecule has 3 rings (SSSR count). The number of rotatable bonds is 11. The van der Waals surface area contributed by atoms with Crippen molar-refractivity contribution in [1.29, 1.82) is 0 Å². The van der Waals surface area contributed by atoms with E-state index in [9.17, 15) is 22.4 Å². The van der Waals surface area contributed by atoms with E-state index in [4.69, 9.17) is 11.6 Å². The van der Waals surface area contributed by atoms with E-state index < -0.39 is 21.9 Å². The predicted molar refractivity (Wildman–Crippen MR) is 140 cm³/mol. The fourth-order valence-corrected chi connectivity index (χ4v) is 5.58. The lowest BCUT2D eigenvalue weighted by Gasteiger charge is -2.30. The molecule has 0 saturated heterocycles. The summed E-state index contributed by atoms with van der Waals surface area (Å²) in [6.45, 7) is 1.75. The number of anilines is 1. The number of halogens is 2. The molecule has 0 radical (unpaired) electrons. The average Bonchev–Trinajstić information content (AvgIpc) is 3.33. The van der Waals surface area contributed by atoms with E-state index in [-0.39, 0.29) is 49.5 Å². The van der Waals surface area contributed by atoms with E-state index in [1.807, 2.05) is 6.07 Å². The zero-order valence-corrected chi connectivity index (χ0v) is 22.2. The first kappa shape index (κ1) is 27.9. The Labute approximate surface area is 217 Å². The maximum atomic E-state index is 14.3. The molecule has 2 aromatic carbocycles. The largest absolute Gasteiger partial charge is 0.352 e. The molecule has 36 heavy (non-hydrogen) atoms. The van der Waals surface area contributed by atoms with Gasteiger partial charge in [0.15, 0.2) is 0 Å². The van der Waals surface area contributed by atoms with Crippen molar-refractivity contribution >= 4 is 39.1 Å². The summed E-state index contributed by atoms with van der Waals surface area (Å²) in [6, 6.07) is 12.1. The Kier molecular flexibility index (Phi) is 9.73. The molecule has 0 bridgehead atoms. The summed E-state index contributed by atoms with van der Waals surface area (Å²) < 4.78 is 39.9. The fourth-order valence-electron chi connectivity index (χ4n) is 4.42. The van der Waals surface area contributed by atoms with Gasteiger partial charge in [0, 0.05) is 30.6 Å². The number of nitrogens with zero attached hydrogens (tertiary/aromatic N) is 2. The highest BCUT2D eigenvalue weighted by molar-refractivity contribution is 7.92. The topological polar surface area (TPSA) is 86.8 Å². The Morgan fingerprint density at radius 3 is 2.39 bits per heavy atom. The average molecular weight is 538 g/mol. The van der Waals surface area contributed by atoms with E-state index in [1.165, 1.54) is 23.1 Å². The second-order valence-electron chi connectivity index (χ2n) is 9.17. The van der Waals surface area contributed by atoms with E-state index in [2.05, 4.69) is 5.32 Å². The third-order valence-corrected chi connectivity index (χ3v) is 7.99. The molecule has 0 unspecified atom stereocenters. The van der Waals surface area contributed by atoms with Gasteiger partial charge in [0.1, 0.15) is 11.9 Å². The van der Waals surface area contributed by atoms with Gasteiger partial charge >= 0.3 is 0 Å². The summed E-state index contributed by atoms with van der Waals surface area (Å²) in [5.41, 5.74) is 0.641. The van der Waals surface area contributed by atoms with Gasteiger partial charge in [-0.05, 0) is 49.9 Å². The van der Waals surface area contributed by atoms with Crippen molar-refractivity contribution in [3.8, 4) is 0 Å². The van der Waals surface area contributed by atoms with Crippen LogP contribution in [0, 0.1) is 5.82 Å². The third kappa shape index (κ3) is 7.43. The minimum Gasteiger partial charge on any atom is -0.352 e. The van der Waals surface area contributed by atoms with Crippen molar-refractivity contribution in [3.05, 3.63) is 64.9 Å². The van der Waals surface area contributed by atoms with Gasteiger partial charge in [0.05, 0.1) is 11.9 Å². The molecule has 0 spiro atoms. The Bertz CT molecular complexity index is 1170. The number of benzene rings is 2. The van der Waals surface area contributed by atoms with Gasteiger partial charge in [-0.3, -0.25) is 13.9 Å². The molecule has 1 aliphatic carbocycles. The molecular formula is C26H33ClFN3O4S. The van der Waals surface area contributed by atoms with Crippen molar-refractivity contribution in [2.45, 2.75) is 64.1 Å². The van der Waals surface area contributed by atoms with Gasteiger partial charge in [0.25, 0.3) is 0 Å².